The van der Waals surface area contributed by atoms with E-state index in [0.29, 0.717) is 43.0 Å². The number of hydrogen-bond donors (Lipinski definition) is 0. The van der Waals surface area contributed by atoms with Gasteiger partial charge in [0.2, 0.25) is 0 Å². The second-order valence-electron chi connectivity index (χ2n) is 10.4. The zero-order valence-corrected chi connectivity index (χ0v) is 17.7. The van der Waals surface area contributed by atoms with E-state index in [1.54, 1.807) is 0 Å². The van der Waals surface area contributed by atoms with Gasteiger partial charge < -0.3 is 14.2 Å². The summed E-state index contributed by atoms with van der Waals surface area (Å²) in [5.74, 6) is 1.11. The fourth-order valence-electron chi connectivity index (χ4n) is 8.29. The quantitative estimate of drug-likeness (QED) is 0.658. The molecule has 4 saturated carbocycles. The van der Waals surface area contributed by atoms with Crippen LogP contribution in [0, 0.1) is 28.6 Å². The molecule has 0 spiro atoms. The molecule has 0 N–H and O–H groups in total. The van der Waals surface area contributed by atoms with Crippen molar-refractivity contribution < 1.29 is 28.6 Å². The van der Waals surface area contributed by atoms with Gasteiger partial charge in [0, 0.05) is 37.5 Å². The molecule has 0 aromatic carbocycles. The van der Waals surface area contributed by atoms with Crippen molar-refractivity contribution in [2.45, 2.75) is 89.9 Å². The molecule has 1 heterocycles. The van der Waals surface area contributed by atoms with E-state index in [2.05, 4.69) is 6.92 Å². The molecular formula is C23H32O6. The molecule has 2 bridgehead atoms. The van der Waals surface area contributed by atoms with E-state index in [-0.39, 0.29) is 35.0 Å². The van der Waals surface area contributed by atoms with Gasteiger partial charge in [-0.05, 0) is 56.3 Å². The minimum absolute atomic E-state index is 0.177. The van der Waals surface area contributed by atoms with Gasteiger partial charge in [-0.25, -0.2) is 0 Å². The highest BCUT2D eigenvalue weighted by Crippen LogP contribution is 2.70. The Morgan fingerprint density at radius 3 is 2.59 bits per heavy atom. The molecule has 5 fully saturated rings. The average Bonchev–Trinajstić information content (AvgIpc) is 3.03. The summed E-state index contributed by atoms with van der Waals surface area (Å²) in [5.41, 5.74) is -1.13. The SMILES string of the molecule is CC(=O)O[C@H]1CC[C@]23CO[C@H](C[C@@H]4[C@@H]2CC[C@]2(C)C(=O)CC[C@@H]42)[C@@]3(OC(C)=O)C1. The number of rotatable bonds is 2. The molecule has 1 aliphatic heterocycles. The molecule has 5 rings (SSSR count). The molecule has 0 aromatic rings. The number of Topliss-reactive ketones (excluding diaryl/α,β-unsaturated/α-hetero) is 1. The number of fused-ring (bicyclic) bond motifs is 3. The zero-order chi connectivity index (χ0) is 20.6. The van der Waals surface area contributed by atoms with Gasteiger partial charge in [0.1, 0.15) is 17.5 Å². The molecule has 6 nitrogen and oxygen atoms in total. The Kier molecular flexibility index (Phi) is 4.23. The maximum atomic E-state index is 12.7. The Morgan fingerprint density at radius 2 is 1.86 bits per heavy atom. The maximum absolute atomic E-state index is 12.7. The Balaban J connectivity index is 1.54. The van der Waals surface area contributed by atoms with E-state index in [1.807, 2.05) is 0 Å². The predicted molar refractivity (Wildman–Crippen MR) is 103 cm³/mol. The van der Waals surface area contributed by atoms with Crippen molar-refractivity contribution in [2.75, 3.05) is 6.61 Å². The highest BCUT2D eigenvalue weighted by atomic mass is 16.6. The maximum Gasteiger partial charge on any atom is 0.303 e. The van der Waals surface area contributed by atoms with Crippen molar-refractivity contribution in [3.8, 4) is 0 Å². The van der Waals surface area contributed by atoms with Gasteiger partial charge in [-0.15, -0.1) is 0 Å². The van der Waals surface area contributed by atoms with Gasteiger partial charge in [-0.1, -0.05) is 6.92 Å². The third-order valence-electron chi connectivity index (χ3n) is 9.35. The van der Waals surface area contributed by atoms with Gasteiger partial charge >= 0.3 is 11.9 Å². The number of ketones is 1. The first-order chi connectivity index (χ1) is 13.7. The summed E-state index contributed by atoms with van der Waals surface area (Å²) < 4.78 is 18.1. The van der Waals surface area contributed by atoms with E-state index >= 15 is 0 Å². The van der Waals surface area contributed by atoms with E-state index in [9.17, 15) is 14.4 Å². The van der Waals surface area contributed by atoms with Crippen LogP contribution in [0.2, 0.25) is 0 Å². The third-order valence-corrected chi connectivity index (χ3v) is 9.35. The lowest BCUT2D eigenvalue weighted by molar-refractivity contribution is -0.233. The standard InChI is InChI=1S/C23H32O6/c1-13(24)28-15-6-9-22-12-27-20(23(22,11-15)29-14(2)25)10-16-17-4-5-19(26)21(17,3)8-7-18(16)22/h15-18,20H,4-12H2,1-3H3/t15-,16-,17-,18-,20+,21-,22-,23-/m0/s1. The first-order valence-electron chi connectivity index (χ1n) is 11.2. The van der Waals surface area contributed by atoms with Crippen LogP contribution in [0.15, 0.2) is 0 Å². The predicted octanol–water partition coefficient (Wildman–Crippen LogP) is 3.20. The monoisotopic (exact) mass is 404 g/mol. The van der Waals surface area contributed by atoms with Crippen molar-refractivity contribution >= 4 is 17.7 Å². The van der Waals surface area contributed by atoms with Crippen molar-refractivity contribution in [3.05, 3.63) is 0 Å². The van der Waals surface area contributed by atoms with Crippen molar-refractivity contribution in [1.82, 2.24) is 0 Å². The molecule has 8 atom stereocenters. The fraction of sp³-hybridized carbons (Fsp3) is 0.870. The molecule has 4 aliphatic carbocycles. The van der Waals surface area contributed by atoms with E-state index < -0.39 is 5.60 Å². The average molecular weight is 405 g/mol. The first-order valence-corrected chi connectivity index (χ1v) is 11.2. The van der Waals surface area contributed by atoms with Crippen LogP contribution < -0.4 is 0 Å². The van der Waals surface area contributed by atoms with E-state index in [4.69, 9.17) is 14.2 Å². The van der Waals surface area contributed by atoms with Crippen LogP contribution in [0.3, 0.4) is 0 Å². The van der Waals surface area contributed by atoms with E-state index in [1.165, 1.54) is 13.8 Å². The van der Waals surface area contributed by atoms with Crippen molar-refractivity contribution in [3.63, 3.8) is 0 Å². The summed E-state index contributed by atoms with van der Waals surface area (Å²) in [5, 5.41) is 0. The van der Waals surface area contributed by atoms with Gasteiger partial charge in [-0.2, -0.15) is 0 Å². The molecule has 29 heavy (non-hydrogen) atoms. The highest BCUT2D eigenvalue weighted by molar-refractivity contribution is 5.87. The largest absolute Gasteiger partial charge is 0.462 e. The normalized spacial score (nSPS) is 50.3. The molecule has 1 saturated heterocycles. The molecule has 0 aromatic heterocycles. The number of carbonyl (C=O) groups is 3. The Hall–Kier alpha value is -1.43. The Morgan fingerprint density at radius 1 is 1.07 bits per heavy atom. The molecular weight excluding hydrogens is 372 g/mol. The van der Waals surface area contributed by atoms with Crippen LogP contribution in [-0.4, -0.2) is 42.1 Å². The van der Waals surface area contributed by atoms with Crippen LogP contribution in [0.4, 0.5) is 0 Å². The number of esters is 2. The molecule has 0 unspecified atom stereocenters. The van der Waals surface area contributed by atoms with Gasteiger partial charge in [0.05, 0.1) is 12.7 Å². The number of carbonyl (C=O) groups excluding carboxylic acids is 3. The lowest BCUT2D eigenvalue weighted by Crippen LogP contribution is -2.68. The lowest BCUT2D eigenvalue weighted by atomic mass is 9.43. The molecule has 0 amide bonds. The van der Waals surface area contributed by atoms with Crippen LogP contribution in [0.5, 0.6) is 0 Å². The van der Waals surface area contributed by atoms with Gasteiger partial charge in [0.15, 0.2) is 0 Å². The van der Waals surface area contributed by atoms with Crippen LogP contribution in [-0.2, 0) is 28.6 Å². The molecule has 160 valence electrons. The summed E-state index contributed by atoms with van der Waals surface area (Å²) in [6.07, 6.45) is 6.17. The summed E-state index contributed by atoms with van der Waals surface area (Å²) in [7, 11) is 0. The molecule has 6 heteroatoms. The van der Waals surface area contributed by atoms with Crippen LogP contribution >= 0.6 is 0 Å². The summed E-state index contributed by atoms with van der Waals surface area (Å²) in [4.78, 5) is 36.5. The zero-order valence-electron chi connectivity index (χ0n) is 17.7. The van der Waals surface area contributed by atoms with Crippen molar-refractivity contribution in [2.24, 2.45) is 28.6 Å². The van der Waals surface area contributed by atoms with Crippen molar-refractivity contribution in [1.29, 1.82) is 0 Å². The molecule has 0 radical (unpaired) electrons. The van der Waals surface area contributed by atoms with Gasteiger partial charge in [-0.3, -0.25) is 14.4 Å². The second-order valence-corrected chi connectivity index (χ2v) is 10.4. The highest BCUT2D eigenvalue weighted by Gasteiger charge is 2.75. The minimum atomic E-state index is -0.714. The van der Waals surface area contributed by atoms with Crippen LogP contribution in [0.1, 0.15) is 72.1 Å². The number of hydrogen-bond acceptors (Lipinski definition) is 6. The Labute approximate surface area is 172 Å². The Bertz CT molecular complexity index is 762. The lowest BCUT2D eigenvalue weighted by Gasteiger charge is -2.62. The first kappa shape index (κ1) is 19.5. The third kappa shape index (κ3) is 2.47. The summed E-state index contributed by atoms with van der Waals surface area (Å²) in [6, 6.07) is 0. The minimum Gasteiger partial charge on any atom is -0.462 e. The summed E-state index contributed by atoms with van der Waals surface area (Å²) in [6.45, 7) is 5.69. The van der Waals surface area contributed by atoms with Gasteiger partial charge in [0.25, 0.3) is 0 Å². The topological polar surface area (TPSA) is 78.9 Å². The fourth-order valence-corrected chi connectivity index (χ4v) is 8.29. The summed E-state index contributed by atoms with van der Waals surface area (Å²) >= 11 is 0. The smallest absolute Gasteiger partial charge is 0.303 e. The molecule has 5 aliphatic rings. The van der Waals surface area contributed by atoms with E-state index in [0.717, 1.165) is 38.5 Å². The second kappa shape index (κ2) is 6.29. The van der Waals surface area contributed by atoms with Crippen LogP contribution in [0.25, 0.3) is 0 Å². The number of ether oxygens (including phenoxy) is 3.